The fraction of sp³-hybridized carbons (Fsp3) is 0.917. The summed E-state index contributed by atoms with van der Waals surface area (Å²) in [5.41, 5.74) is 0. The summed E-state index contributed by atoms with van der Waals surface area (Å²) in [6, 6.07) is 1.18. The van der Waals surface area contributed by atoms with E-state index in [0.717, 1.165) is 0 Å². The zero-order chi connectivity index (χ0) is 10.4. The van der Waals surface area contributed by atoms with Gasteiger partial charge in [-0.1, -0.05) is 13.3 Å². The van der Waals surface area contributed by atoms with Gasteiger partial charge in [0.15, 0.2) is 0 Å². The molecule has 15 heavy (non-hydrogen) atoms. The third kappa shape index (κ3) is 1.32. The molecular weight excluding hydrogens is 190 g/mol. The van der Waals surface area contributed by atoms with Crippen LogP contribution in [0.5, 0.6) is 0 Å². The van der Waals surface area contributed by atoms with Gasteiger partial charge in [0.25, 0.3) is 0 Å². The minimum atomic E-state index is 0.0395. The van der Waals surface area contributed by atoms with Crippen molar-refractivity contribution in [3.63, 3.8) is 0 Å². The van der Waals surface area contributed by atoms with Gasteiger partial charge < -0.3 is 4.74 Å². The second-order valence-corrected chi connectivity index (χ2v) is 5.13. The molecule has 0 unspecified atom stereocenters. The van der Waals surface area contributed by atoms with Crippen LogP contribution in [0, 0.1) is 5.92 Å². The molecule has 3 aliphatic heterocycles. The second-order valence-electron chi connectivity index (χ2n) is 5.13. The van der Waals surface area contributed by atoms with Gasteiger partial charge in [0.2, 0.25) is 0 Å². The van der Waals surface area contributed by atoms with Gasteiger partial charge in [-0.15, -0.1) is 0 Å². The Morgan fingerprint density at radius 3 is 3.20 bits per heavy atom. The number of carbonyl (C=O) groups is 1. The smallest absolute Gasteiger partial charge is 0.306 e. The molecule has 0 aromatic rings. The third-order valence-corrected chi connectivity index (χ3v) is 4.32. The lowest BCUT2D eigenvalue weighted by Gasteiger charge is -2.25. The Morgan fingerprint density at radius 2 is 2.40 bits per heavy atom. The minimum Gasteiger partial charge on any atom is -0.460 e. The lowest BCUT2D eigenvalue weighted by atomic mass is 9.91. The first kappa shape index (κ1) is 9.64. The van der Waals surface area contributed by atoms with Crippen molar-refractivity contribution in [2.24, 2.45) is 5.92 Å². The summed E-state index contributed by atoms with van der Waals surface area (Å²) < 4.78 is 5.50. The van der Waals surface area contributed by atoms with Gasteiger partial charge in [-0.3, -0.25) is 9.69 Å². The van der Waals surface area contributed by atoms with Crippen molar-refractivity contribution >= 4 is 5.97 Å². The maximum absolute atomic E-state index is 11.4. The van der Waals surface area contributed by atoms with E-state index in [1.54, 1.807) is 0 Å². The SMILES string of the molecule is CCC[C@H]1[C@H]2CC(=O)O[C@H]2[C@H]2CCCN21. The van der Waals surface area contributed by atoms with E-state index < -0.39 is 0 Å². The molecule has 3 heterocycles. The molecule has 0 amide bonds. The zero-order valence-electron chi connectivity index (χ0n) is 9.32. The lowest BCUT2D eigenvalue weighted by molar-refractivity contribution is -0.142. The molecule has 0 bridgehead atoms. The highest BCUT2D eigenvalue weighted by molar-refractivity contribution is 5.72. The fourth-order valence-electron chi connectivity index (χ4n) is 3.82. The van der Waals surface area contributed by atoms with Crippen LogP contribution in [0.2, 0.25) is 0 Å². The largest absolute Gasteiger partial charge is 0.460 e. The molecule has 0 aromatic carbocycles. The number of rotatable bonds is 2. The first-order chi connectivity index (χ1) is 7.31. The number of esters is 1. The van der Waals surface area contributed by atoms with Gasteiger partial charge in [-0.2, -0.15) is 0 Å². The summed E-state index contributed by atoms with van der Waals surface area (Å²) in [5.74, 6) is 0.542. The Bertz CT molecular complexity index is 279. The molecule has 0 radical (unpaired) electrons. The molecule has 4 atom stereocenters. The molecule has 3 fully saturated rings. The summed E-state index contributed by atoms with van der Waals surface area (Å²) in [5, 5.41) is 0. The quantitative estimate of drug-likeness (QED) is 0.646. The van der Waals surface area contributed by atoms with E-state index in [1.165, 1.54) is 32.2 Å². The Hall–Kier alpha value is -0.570. The Labute approximate surface area is 90.8 Å². The summed E-state index contributed by atoms with van der Waals surface area (Å²) >= 11 is 0. The average molecular weight is 209 g/mol. The van der Waals surface area contributed by atoms with Crippen LogP contribution in [0.15, 0.2) is 0 Å². The lowest BCUT2D eigenvalue weighted by Crippen LogP contribution is -2.35. The molecule has 84 valence electrons. The van der Waals surface area contributed by atoms with Crippen LogP contribution < -0.4 is 0 Å². The van der Waals surface area contributed by atoms with Crippen molar-refractivity contribution in [3.8, 4) is 0 Å². The number of fused-ring (bicyclic) bond motifs is 3. The highest BCUT2D eigenvalue weighted by Crippen LogP contribution is 2.45. The molecule has 0 aliphatic carbocycles. The van der Waals surface area contributed by atoms with Gasteiger partial charge in [-0.05, 0) is 25.8 Å². The zero-order valence-corrected chi connectivity index (χ0v) is 9.32. The Morgan fingerprint density at radius 1 is 1.53 bits per heavy atom. The van der Waals surface area contributed by atoms with Crippen LogP contribution in [0.3, 0.4) is 0 Å². The van der Waals surface area contributed by atoms with E-state index >= 15 is 0 Å². The van der Waals surface area contributed by atoms with E-state index in [4.69, 9.17) is 4.74 Å². The molecule has 0 N–H and O–H groups in total. The van der Waals surface area contributed by atoms with Crippen molar-refractivity contribution < 1.29 is 9.53 Å². The highest BCUT2D eigenvalue weighted by atomic mass is 16.6. The number of ether oxygens (including phenoxy) is 1. The normalized spacial score (nSPS) is 44.2. The van der Waals surface area contributed by atoms with Crippen molar-refractivity contribution in [1.29, 1.82) is 0 Å². The molecule has 3 saturated heterocycles. The van der Waals surface area contributed by atoms with E-state index in [0.29, 0.717) is 24.4 Å². The number of nitrogens with zero attached hydrogens (tertiary/aromatic N) is 1. The number of carbonyl (C=O) groups excluding carboxylic acids is 1. The molecule has 3 rings (SSSR count). The van der Waals surface area contributed by atoms with E-state index in [9.17, 15) is 4.79 Å². The topological polar surface area (TPSA) is 29.5 Å². The highest BCUT2D eigenvalue weighted by Gasteiger charge is 2.55. The van der Waals surface area contributed by atoms with Crippen LogP contribution in [0.1, 0.15) is 39.0 Å². The fourth-order valence-corrected chi connectivity index (χ4v) is 3.82. The standard InChI is InChI=1S/C12H19NO2/c1-2-4-9-8-7-11(14)15-12(8)10-5-3-6-13(9)10/h8-10,12H,2-7H2,1H3/t8-,9+,10-,12-/m1/s1. The average Bonchev–Trinajstić information content (AvgIpc) is 2.83. The van der Waals surface area contributed by atoms with Crippen LogP contribution in [-0.4, -0.2) is 35.6 Å². The molecule has 3 heteroatoms. The number of hydrogen-bond acceptors (Lipinski definition) is 3. The summed E-state index contributed by atoms with van der Waals surface area (Å²) in [4.78, 5) is 14.0. The molecule has 3 nitrogen and oxygen atoms in total. The maximum Gasteiger partial charge on any atom is 0.306 e. The van der Waals surface area contributed by atoms with Crippen LogP contribution >= 0.6 is 0 Å². The molecule has 0 spiro atoms. The van der Waals surface area contributed by atoms with Crippen molar-refractivity contribution in [3.05, 3.63) is 0 Å². The van der Waals surface area contributed by atoms with E-state index in [1.807, 2.05) is 0 Å². The van der Waals surface area contributed by atoms with Gasteiger partial charge in [0.1, 0.15) is 6.10 Å². The van der Waals surface area contributed by atoms with Gasteiger partial charge >= 0.3 is 5.97 Å². The van der Waals surface area contributed by atoms with Gasteiger partial charge in [-0.25, -0.2) is 0 Å². The predicted molar refractivity (Wildman–Crippen MR) is 56.4 cm³/mol. The summed E-state index contributed by atoms with van der Waals surface area (Å²) in [6.07, 6.45) is 5.86. The van der Waals surface area contributed by atoms with Crippen molar-refractivity contribution in [2.75, 3.05) is 6.54 Å². The third-order valence-electron chi connectivity index (χ3n) is 4.32. The molecule has 3 aliphatic rings. The Kier molecular flexibility index (Phi) is 2.23. The first-order valence-electron chi connectivity index (χ1n) is 6.26. The van der Waals surface area contributed by atoms with Crippen LogP contribution in [0.4, 0.5) is 0 Å². The molecule has 0 aromatic heterocycles. The predicted octanol–water partition coefficient (Wildman–Crippen LogP) is 1.56. The molecule has 0 saturated carbocycles. The van der Waals surface area contributed by atoms with Gasteiger partial charge in [0, 0.05) is 18.0 Å². The minimum absolute atomic E-state index is 0.0395. The van der Waals surface area contributed by atoms with Crippen LogP contribution in [-0.2, 0) is 9.53 Å². The second kappa shape index (κ2) is 3.48. The van der Waals surface area contributed by atoms with Crippen molar-refractivity contribution in [1.82, 2.24) is 4.90 Å². The summed E-state index contributed by atoms with van der Waals surface area (Å²) in [7, 11) is 0. The van der Waals surface area contributed by atoms with E-state index in [2.05, 4.69) is 11.8 Å². The van der Waals surface area contributed by atoms with E-state index in [-0.39, 0.29) is 12.1 Å². The Balaban J connectivity index is 1.84. The first-order valence-corrected chi connectivity index (χ1v) is 6.26. The molecular formula is C12H19NO2. The van der Waals surface area contributed by atoms with Crippen molar-refractivity contribution in [2.45, 2.75) is 57.2 Å². The van der Waals surface area contributed by atoms with Gasteiger partial charge in [0.05, 0.1) is 6.42 Å². The summed E-state index contributed by atoms with van der Waals surface area (Å²) in [6.45, 7) is 3.45. The maximum atomic E-state index is 11.4. The number of hydrogen-bond donors (Lipinski definition) is 0. The van der Waals surface area contributed by atoms with Crippen LogP contribution in [0.25, 0.3) is 0 Å². The monoisotopic (exact) mass is 209 g/mol.